The summed E-state index contributed by atoms with van der Waals surface area (Å²) in [6.07, 6.45) is 3.04. The predicted octanol–water partition coefficient (Wildman–Crippen LogP) is 1.34. The maximum Gasteiger partial charge on any atom is 0.182 e. The largest absolute Gasteiger partial charge is 0.357 e. The zero-order valence-corrected chi connectivity index (χ0v) is 8.25. The molecule has 1 fully saturated rings. The molecular weight excluding hydrogens is 194 g/mol. The second-order valence-corrected chi connectivity index (χ2v) is 3.57. The molecule has 0 saturated carbocycles. The Balaban J connectivity index is 0.000000720. The van der Waals surface area contributed by atoms with Crippen molar-refractivity contribution in [2.45, 2.75) is 12.5 Å². The molecule has 0 spiro atoms. The maximum atomic E-state index is 4.16. The molecule has 1 saturated heterocycles. The summed E-state index contributed by atoms with van der Waals surface area (Å²) >= 11 is 1.66. The zero-order chi connectivity index (χ0) is 7.52. The van der Waals surface area contributed by atoms with Crippen molar-refractivity contribution in [2.75, 3.05) is 18.4 Å². The summed E-state index contributed by atoms with van der Waals surface area (Å²) < 4.78 is 0. The first kappa shape index (κ1) is 9.77. The van der Waals surface area contributed by atoms with Crippen molar-refractivity contribution in [3.63, 3.8) is 0 Å². The second kappa shape index (κ2) is 4.64. The first-order valence-corrected chi connectivity index (χ1v) is 4.70. The van der Waals surface area contributed by atoms with Crippen LogP contribution in [0.2, 0.25) is 0 Å². The Morgan fingerprint density at radius 3 is 3.17 bits per heavy atom. The molecule has 0 aromatic carbocycles. The molecule has 1 atom stereocenters. The minimum atomic E-state index is 0. The average molecular weight is 206 g/mol. The maximum absolute atomic E-state index is 4.16. The van der Waals surface area contributed by atoms with Gasteiger partial charge in [0.15, 0.2) is 5.13 Å². The van der Waals surface area contributed by atoms with Crippen LogP contribution in [0.4, 0.5) is 5.13 Å². The van der Waals surface area contributed by atoms with Gasteiger partial charge in [0.2, 0.25) is 0 Å². The van der Waals surface area contributed by atoms with Crippen LogP contribution in [0.1, 0.15) is 6.42 Å². The Morgan fingerprint density at radius 1 is 1.67 bits per heavy atom. The van der Waals surface area contributed by atoms with Crippen LogP contribution >= 0.6 is 23.7 Å². The number of aromatic nitrogens is 1. The van der Waals surface area contributed by atoms with E-state index in [0.717, 1.165) is 18.2 Å². The van der Waals surface area contributed by atoms with Crippen molar-refractivity contribution in [1.82, 2.24) is 10.3 Å². The number of anilines is 1. The Labute approximate surface area is 82.0 Å². The summed E-state index contributed by atoms with van der Waals surface area (Å²) in [5.41, 5.74) is 0. The lowest BCUT2D eigenvalue weighted by Crippen LogP contribution is -2.21. The molecule has 0 radical (unpaired) electrons. The van der Waals surface area contributed by atoms with Crippen LogP contribution in [0, 0.1) is 0 Å². The third-order valence-electron chi connectivity index (χ3n) is 1.82. The molecule has 0 amide bonds. The van der Waals surface area contributed by atoms with Crippen molar-refractivity contribution in [2.24, 2.45) is 0 Å². The standard InChI is InChI=1S/C7H11N3S.ClH/c1-2-8-5-6(1)10-7-9-3-4-11-7;/h3-4,6,8H,1-2,5H2,(H,9,10);1H. The SMILES string of the molecule is Cl.c1csc(NC2CCNC2)n1. The van der Waals surface area contributed by atoms with Gasteiger partial charge in [-0.3, -0.25) is 0 Å². The van der Waals surface area contributed by atoms with Crippen LogP contribution in [-0.2, 0) is 0 Å². The topological polar surface area (TPSA) is 37.0 Å². The van der Waals surface area contributed by atoms with Crippen molar-refractivity contribution in [1.29, 1.82) is 0 Å². The van der Waals surface area contributed by atoms with Gasteiger partial charge in [0.05, 0.1) is 0 Å². The smallest absolute Gasteiger partial charge is 0.182 e. The first-order chi connectivity index (χ1) is 5.45. The number of halogens is 1. The third-order valence-corrected chi connectivity index (χ3v) is 2.52. The van der Waals surface area contributed by atoms with E-state index < -0.39 is 0 Å². The van der Waals surface area contributed by atoms with Crippen LogP contribution in [-0.4, -0.2) is 24.1 Å². The summed E-state index contributed by atoms with van der Waals surface area (Å²) in [5, 5.41) is 9.70. The van der Waals surface area contributed by atoms with E-state index >= 15 is 0 Å². The van der Waals surface area contributed by atoms with E-state index in [1.54, 1.807) is 11.3 Å². The minimum absolute atomic E-state index is 0. The summed E-state index contributed by atoms with van der Waals surface area (Å²) in [4.78, 5) is 4.16. The molecule has 1 aliphatic heterocycles. The number of nitrogens with zero attached hydrogens (tertiary/aromatic N) is 1. The second-order valence-electron chi connectivity index (χ2n) is 2.67. The van der Waals surface area contributed by atoms with Crippen molar-refractivity contribution in [3.8, 4) is 0 Å². The fraction of sp³-hybridized carbons (Fsp3) is 0.571. The highest BCUT2D eigenvalue weighted by Crippen LogP contribution is 2.13. The van der Waals surface area contributed by atoms with Gasteiger partial charge in [-0.05, 0) is 13.0 Å². The lowest BCUT2D eigenvalue weighted by Gasteiger charge is -2.08. The highest BCUT2D eigenvalue weighted by Gasteiger charge is 2.13. The van der Waals surface area contributed by atoms with Gasteiger partial charge in [0.25, 0.3) is 0 Å². The van der Waals surface area contributed by atoms with E-state index in [1.165, 1.54) is 6.42 Å². The number of nitrogens with one attached hydrogen (secondary N) is 2. The van der Waals surface area contributed by atoms with E-state index in [4.69, 9.17) is 0 Å². The fourth-order valence-corrected chi connectivity index (χ4v) is 1.85. The molecule has 0 aliphatic carbocycles. The molecule has 0 bridgehead atoms. The van der Waals surface area contributed by atoms with E-state index in [0.29, 0.717) is 6.04 Å². The monoisotopic (exact) mass is 205 g/mol. The van der Waals surface area contributed by atoms with Crippen LogP contribution < -0.4 is 10.6 Å². The van der Waals surface area contributed by atoms with Crippen molar-refractivity contribution in [3.05, 3.63) is 11.6 Å². The summed E-state index contributed by atoms with van der Waals surface area (Å²) in [6.45, 7) is 2.20. The van der Waals surface area contributed by atoms with Gasteiger partial charge >= 0.3 is 0 Å². The van der Waals surface area contributed by atoms with E-state index in [-0.39, 0.29) is 12.4 Å². The number of rotatable bonds is 2. The third kappa shape index (κ3) is 2.33. The molecular formula is C7H12ClN3S. The molecule has 5 heteroatoms. The minimum Gasteiger partial charge on any atom is -0.357 e. The fourth-order valence-electron chi connectivity index (χ4n) is 1.25. The molecule has 1 unspecified atom stereocenters. The Morgan fingerprint density at radius 2 is 2.58 bits per heavy atom. The summed E-state index contributed by atoms with van der Waals surface area (Å²) in [6, 6.07) is 0.584. The van der Waals surface area contributed by atoms with E-state index in [2.05, 4.69) is 15.6 Å². The Bertz CT molecular complexity index is 208. The number of hydrogen-bond acceptors (Lipinski definition) is 4. The molecule has 2 N–H and O–H groups in total. The number of thiazole rings is 1. The van der Waals surface area contributed by atoms with Gasteiger partial charge in [-0.2, -0.15) is 0 Å². The van der Waals surface area contributed by atoms with Crippen LogP contribution in [0.15, 0.2) is 11.6 Å². The number of hydrogen-bond donors (Lipinski definition) is 2. The van der Waals surface area contributed by atoms with E-state index in [1.807, 2.05) is 11.6 Å². The molecule has 68 valence electrons. The van der Waals surface area contributed by atoms with E-state index in [9.17, 15) is 0 Å². The summed E-state index contributed by atoms with van der Waals surface area (Å²) in [7, 11) is 0. The highest BCUT2D eigenvalue weighted by molar-refractivity contribution is 7.13. The van der Waals surface area contributed by atoms with Crippen molar-refractivity contribution < 1.29 is 0 Å². The van der Waals surface area contributed by atoms with Gasteiger partial charge in [-0.25, -0.2) is 4.98 Å². The molecule has 1 aliphatic rings. The van der Waals surface area contributed by atoms with Crippen molar-refractivity contribution >= 4 is 28.9 Å². The van der Waals surface area contributed by atoms with Crippen LogP contribution in [0.5, 0.6) is 0 Å². The Hall–Kier alpha value is -0.320. The normalized spacial score (nSPS) is 21.8. The lowest BCUT2D eigenvalue weighted by atomic mass is 10.3. The highest BCUT2D eigenvalue weighted by atomic mass is 35.5. The van der Waals surface area contributed by atoms with Gasteiger partial charge in [-0.15, -0.1) is 23.7 Å². The quantitative estimate of drug-likeness (QED) is 0.765. The molecule has 2 heterocycles. The molecule has 1 aromatic heterocycles. The summed E-state index contributed by atoms with van der Waals surface area (Å²) in [5.74, 6) is 0. The van der Waals surface area contributed by atoms with Gasteiger partial charge in [0.1, 0.15) is 0 Å². The predicted molar refractivity (Wildman–Crippen MR) is 54.3 cm³/mol. The van der Waals surface area contributed by atoms with Gasteiger partial charge in [-0.1, -0.05) is 0 Å². The average Bonchev–Trinajstić information content (AvgIpc) is 2.60. The zero-order valence-electron chi connectivity index (χ0n) is 6.62. The first-order valence-electron chi connectivity index (χ1n) is 3.82. The van der Waals surface area contributed by atoms with Gasteiger partial charge in [0, 0.05) is 24.2 Å². The van der Waals surface area contributed by atoms with Crippen LogP contribution in [0.25, 0.3) is 0 Å². The molecule has 2 rings (SSSR count). The molecule has 1 aromatic rings. The van der Waals surface area contributed by atoms with Gasteiger partial charge < -0.3 is 10.6 Å². The van der Waals surface area contributed by atoms with Crippen LogP contribution in [0.3, 0.4) is 0 Å². The molecule has 12 heavy (non-hydrogen) atoms. The molecule has 3 nitrogen and oxygen atoms in total. The lowest BCUT2D eigenvalue weighted by molar-refractivity contribution is 0.792. The Kier molecular flexibility index (Phi) is 3.78.